The summed E-state index contributed by atoms with van der Waals surface area (Å²) < 4.78 is 7.07. The van der Waals surface area contributed by atoms with E-state index in [0.717, 1.165) is 37.2 Å². The van der Waals surface area contributed by atoms with Crippen LogP contribution in [0.4, 0.5) is 0 Å². The Kier molecular flexibility index (Phi) is 2.38. The van der Waals surface area contributed by atoms with Crippen LogP contribution in [-0.2, 0) is 0 Å². The first-order chi connectivity index (χ1) is 9.25. The molecule has 19 heavy (non-hydrogen) atoms. The third-order valence-electron chi connectivity index (χ3n) is 3.41. The Labute approximate surface area is 122 Å². The van der Waals surface area contributed by atoms with Gasteiger partial charge in [-0.05, 0) is 17.5 Å². The number of hydrogen-bond acceptors (Lipinski definition) is 1. The minimum Gasteiger partial charge on any atom is -0.454 e. The van der Waals surface area contributed by atoms with E-state index in [-0.39, 0.29) is 0 Å². The van der Waals surface area contributed by atoms with Gasteiger partial charge in [0.25, 0.3) is 0 Å². The molecule has 1 heterocycles. The Morgan fingerprint density at radius 1 is 0.789 bits per heavy atom. The van der Waals surface area contributed by atoms with Gasteiger partial charge in [-0.3, -0.25) is 0 Å². The summed E-state index contributed by atoms with van der Waals surface area (Å²) in [5, 5.41) is 5.02. The number of halogens is 2. The molecule has 4 aromatic rings. The molecule has 92 valence electrons. The first kappa shape index (κ1) is 11.3. The van der Waals surface area contributed by atoms with Gasteiger partial charge in [0, 0.05) is 20.6 Å². The molecular formula is C16H8BrClO. The van der Waals surface area contributed by atoms with Crippen LogP contribution in [0.5, 0.6) is 0 Å². The number of para-hydroxylation sites is 1. The van der Waals surface area contributed by atoms with Gasteiger partial charge in [-0.2, -0.15) is 0 Å². The Morgan fingerprint density at radius 2 is 1.47 bits per heavy atom. The lowest BCUT2D eigenvalue weighted by atomic mass is 10.1. The van der Waals surface area contributed by atoms with Crippen molar-refractivity contribution in [3.63, 3.8) is 0 Å². The van der Waals surface area contributed by atoms with E-state index in [1.807, 2.05) is 30.3 Å². The maximum Gasteiger partial charge on any atom is 0.154 e. The summed E-state index contributed by atoms with van der Waals surface area (Å²) in [5.41, 5.74) is 1.64. The number of rotatable bonds is 0. The quantitative estimate of drug-likeness (QED) is 0.376. The van der Waals surface area contributed by atoms with Crippen LogP contribution in [0, 0.1) is 0 Å². The summed E-state index contributed by atoms with van der Waals surface area (Å²) in [6.07, 6.45) is 0. The van der Waals surface area contributed by atoms with Gasteiger partial charge < -0.3 is 4.42 Å². The third kappa shape index (κ3) is 1.54. The van der Waals surface area contributed by atoms with Gasteiger partial charge in [0.2, 0.25) is 0 Å². The van der Waals surface area contributed by atoms with Crippen LogP contribution in [0.1, 0.15) is 0 Å². The van der Waals surface area contributed by atoms with E-state index in [1.165, 1.54) is 0 Å². The summed E-state index contributed by atoms with van der Waals surface area (Å²) in [4.78, 5) is 0. The molecule has 0 saturated heterocycles. The van der Waals surface area contributed by atoms with Gasteiger partial charge in [0.05, 0.1) is 5.02 Å². The van der Waals surface area contributed by atoms with Gasteiger partial charge in [-0.1, -0.05) is 63.9 Å². The fourth-order valence-electron chi connectivity index (χ4n) is 2.54. The number of furan rings is 1. The molecule has 1 aromatic heterocycles. The van der Waals surface area contributed by atoms with Crippen molar-refractivity contribution in [3.8, 4) is 0 Å². The van der Waals surface area contributed by atoms with Crippen molar-refractivity contribution in [2.24, 2.45) is 0 Å². The van der Waals surface area contributed by atoms with Crippen LogP contribution >= 0.6 is 27.5 Å². The van der Waals surface area contributed by atoms with Crippen LogP contribution < -0.4 is 0 Å². The molecule has 0 aliphatic heterocycles. The standard InChI is InChI=1S/C16H8BrClO/c17-13-8-12-11-6-3-7-14(18)16(11)19-15(12)10-5-2-1-4-9(10)13/h1-8H. The van der Waals surface area contributed by atoms with E-state index in [2.05, 4.69) is 34.1 Å². The van der Waals surface area contributed by atoms with E-state index < -0.39 is 0 Å². The second-order valence-electron chi connectivity index (χ2n) is 4.50. The van der Waals surface area contributed by atoms with Crippen molar-refractivity contribution in [1.29, 1.82) is 0 Å². The van der Waals surface area contributed by atoms with Gasteiger partial charge in [-0.15, -0.1) is 0 Å². The molecule has 0 amide bonds. The molecule has 0 unspecified atom stereocenters. The minimum atomic E-state index is 0.647. The first-order valence-electron chi connectivity index (χ1n) is 5.93. The molecule has 0 spiro atoms. The van der Waals surface area contributed by atoms with Crippen LogP contribution in [0.2, 0.25) is 5.02 Å². The highest BCUT2D eigenvalue weighted by Gasteiger charge is 2.13. The van der Waals surface area contributed by atoms with E-state index >= 15 is 0 Å². The average molecular weight is 332 g/mol. The summed E-state index contributed by atoms with van der Waals surface area (Å²) in [6, 6.07) is 16.1. The molecule has 3 aromatic carbocycles. The van der Waals surface area contributed by atoms with Gasteiger partial charge >= 0.3 is 0 Å². The van der Waals surface area contributed by atoms with Crippen molar-refractivity contribution in [1.82, 2.24) is 0 Å². The molecule has 0 radical (unpaired) electrons. The number of fused-ring (bicyclic) bond motifs is 5. The molecular weight excluding hydrogens is 324 g/mol. The minimum absolute atomic E-state index is 0.647. The highest BCUT2D eigenvalue weighted by molar-refractivity contribution is 9.10. The van der Waals surface area contributed by atoms with Crippen LogP contribution in [0.15, 0.2) is 57.4 Å². The Balaban J connectivity index is 2.36. The topological polar surface area (TPSA) is 13.1 Å². The lowest BCUT2D eigenvalue weighted by Crippen LogP contribution is -1.75. The fourth-order valence-corrected chi connectivity index (χ4v) is 3.33. The molecule has 0 aliphatic rings. The van der Waals surface area contributed by atoms with E-state index in [4.69, 9.17) is 16.0 Å². The molecule has 1 nitrogen and oxygen atoms in total. The molecule has 0 bridgehead atoms. The zero-order valence-electron chi connectivity index (χ0n) is 9.78. The summed E-state index contributed by atoms with van der Waals surface area (Å²) in [6.45, 7) is 0. The predicted molar refractivity (Wildman–Crippen MR) is 83.9 cm³/mol. The Morgan fingerprint density at radius 3 is 2.32 bits per heavy atom. The molecule has 3 heteroatoms. The van der Waals surface area contributed by atoms with E-state index in [1.54, 1.807) is 0 Å². The molecule has 0 fully saturated rings. The summed E-state index contributed by atoms with van der Waals surface area (Å²) >= 11 is 9.85. The second-order valence-corrected chi connectivity index (χ2v) is 5.76. The zero-order valence-corrected chi connectivity index (χ0v) is 12.1. The number of benzene rings is 3. The summed E-state index contributed by atoms with van der Waals surface area (Å²) in [5.74, 6) is 0. The van der Waals surface area contributed by atoms with E-state index in [0.29, 0.717) is 5.02 Å². The van der Waals surface area contributed by atoms with Gasteiger partial charge in [0.1, 0.15) is 5.58 Å². The highest BCUT2D eigenvalue weighted by atomic mass is 79.9. The predicted octanol–water partition coefficient (Wildman–Crippen LogP) is 6.16. The maximum absolute atomic E-state index is 6.21. The van der Waals surface area contributed by atoms with Crippen molar-refractivity contribution >= 4 is 60.2 Å². The first-order valence-corrected chi connectivity index (χ1v) is 7.11. The SMILES string of the molecule is Clc1cccc2c1oc1c3ccccc3c(Br)cc21. The lowest BCUT2D eigenvalue weighted by molar-refractivity contribution is 0.673. The Hall–Kier alpha value is -1.51. The van der Waals surface area contributed by atoms with Gasteiger partial charge in [-0.25, -0.2) is 0 Å². The van der Waals surface area contributed by atoms with Crippen molar-refractivity contribution in [2.75, 3.05) is 0 Å². The van der Waals surface area contributed by atoms with Crippen LogP contribution in [-0.4, -0.2) is 0 Å². The second kappa shape index (κ2) is 3.99. The molecule has 0 saturated carbocycles. The maximum atomic E-state index is 6.21. The molecule has 0 N–H and O–H groups in total. The normalized spacial score (nSPS) is 11.7. The van der Waals surface area contributed by atoms with Gasteiger partial charge in [0.15, 0.2) is 5.58 Å². The third-order valence-corrected chi connectivity index (χ3v) is 4.36. The van der Waals surface area contributed by atoms with Crippen LogP contribution in [0.25, 0.3) is 32.7 Å². The molecule has 0 aliphatic carbocycles. The largest absolute Gasteiger partial charge is 0.454 e. The fraction of sp³-hybridized carbons (Fsp3) is 0. The number of hydrogen-bond donors (Lipinski definition) is 0. The Bertz CT molecular complexity index is 940. The monoisotopic (exact) mass is 330 g/mol. The molecule has 4 rings (SSSR count). The van der Waals surface area contributed by atoms with Crippen molar-refractivity contribution in [3.05, 3.63) is 58.0 Å². The van der Waals surface area contributed by atoms with Crippen molar-refractivity contribution in [2.45, 2.75) is 0 Å². The van der Waals surface area contributed by atoms with E-state index in [9.17, 15) is 0 Å². The highest BCUT2D eigenvalue weighted by Crippen LogP contribution is 2.39. The van der Waals surface area contributed by atoms with Crippen LogP contribution in [0.3, 0.4) is 0 Å². The smallest absolute Gasteiger partial charge is 0.154 e. The average Bonchev–Trinajstić information content (AvgIpc) is 2.80. The lowest BCUT2D eigenvalue weighted by Gasteiger charge is -2.01. The zero-order chi connectivity index (χ0) is 13.0. The molecule has 0 atom stereocenters. The van der Waals surface area contributed by atoms with Crippen molar-refractivity contribution < 1.29 is 4.42 Å². The summed E-state index contributed by atoms with van der Waals surface area (Å²) in [7, 11) is 0.